The van der Waals surface area contributed by atoms with Gasteiger partial charge in [-0.2, -0.15) is 0 Å². The fourth-order valence-electron chi connectivity index (χ4n) is 1.26. The molecular formula is C7H14N2O2. The summed E-state index contributed by atoms with van der Waals surface area (Å²) in [6, 6.07) is 0.347. The number of carboxylic acid groups (broad SMARTS) is 1. The second-order valence-electron chi connectivity index (χ2n) is 2.82. The molecule has 0 saturated carbocycles. The van der Waals surface area contributed by atoms with Crippen molar-refractivity contribution in [1.29, 1.82) is 0 Å². The maximum atomic E-state index is 10.2. The molecule has 11 heavy (non-hydrogen) atoms. The second-order valence-corrected chi connectivity index (χ2v) is 2.82. The first-order valence-corrected chi connectivity index (χ1v) is 3.95. The van der Waals surface area contributed by atoms with Gasteiger partial charge in [-0.3, -0.25) is 4.79 Å². The first kappa shape index (κ1) is 8.49. The van der Waals surface area contributed by atoms with Crippen LogP contribution in [-0.4, -0.2) is 36.8 Å². The molecule has 0 aromatic rings. The molecular weight excluding hydrogens is 144 g/mol. The maximum absolute atomic E-state index is 10.2. The van der Waals surface area contributed by atoms with Crippen molar-refractivity contribution in [2.24, 2.45) is 0 Å². The standard InChI is InChI=1S/C7H14N2O2/c10-7(11)5-9-6-2-1-3-8-4-6/h6,8-9H,1-5H2,(H,10,11). The minimum absolute atomic E-state index is 0.0757. The van der Waals surface area contributed by atoms with Gasteiger partial charge >= 0.3 is 5.97 Å². The minimum Gasteiger partial charge on any atom is -0.480 e. The Morgan fingerprint density at radius 2 is 2.55 bits per heavy atom. The summed E-state index contributed by atoms with van der Waals surface area (Å²) >= 11 is 0. The average molecular weight is 158 g/mol. The molecule has 1 saturated heterocycles. The van der Waals surface area contributed by atoms with Crippen LogP contribution in [0.25, 0.3) is 0 Å². The monoisotopic (exact) mass is 158 g/mol. The number of nitrogens with one attached hydrogen (secondary N) is 2. The Labute approximate surface area is 66.0 Å². The van der Waals surface area contributed by atoms with Crippen molar-refractivity contribution in [2.45, 2.75) is 18.9 Å². The summed E-state index contributed by atoms with van der Waals surface area (Å²) in [5.41, 5.74) is 0. The maximum Gasteiger partial charge on any atom is 0.317 e. The van der Waals surface area contributed by atoms with E-state index in [0.29, 0.717) is 6.04 Å². The number of hydrogen-bond acceptors (Lipinski definition) is 3. The van der Waals surface area contributed by atoms with Crippen molar-refractivity contribution in [2.75, 3.05) is 19.6 Å². The lowest BCUT2D eigenvalue weighted by molar-refractivity contribution is -0.136. The van der Waals surface area contributed by atoms with E-state index in [4.69, 9.17) is 5.11 Å². The molecule has 3 N–H and O–H groups in total. The third-order valence-electron chi connectivity index (χ3n) is 1.84. The van der Waals surface area contributed by atoms with Gasteiger partial charge in [0.2, 0.25) is 0 Å². The van der Waals surface area contributed by atoms with E-state index in [-0.39, 0.29) is 6.54 Å². The predicted octanol–water partition coefficient (Wildman–Crippen LogP) is -0.587. The molecule has 1 atom stereocenters. The molecule has 1 rings (SSSR count). The normalized spacial score (nSPS) is 24.9. The van der Waals surface area contributed by atoms with Gasteiger partial charge in [0.05, 0.1) is 6.54 Å². The largest absolute Gasteiger partial charge is 0.480 e. The van der Waals surface area contributed by atoms with Crippen LogP contribution in [0.4, 0.5) is 0 Å². The molecule has 64 valence electrons. The molecule has 0 aromatic heterocycles. The fourth-order valence-corrected chi connectivity index (χ4v) is 1.26. The van der Waals surface area contributed by atoms with Crippen LogP contribution in [0.2, 0.25) is 0 Å². The lowest BCUT2D eigenvalue weighted by Crippen LogP contribution is -2.44. The number of rotatable bonds is 3. The summed E-state index contributed by atoms with van der Waals surface area (Å²) in [5, 5.41) is 14.5. The van der Waals surface area contributed by atoms with E-state index in [1.54, 1.807) is 0 Å². The molecule has 0 aromatic carbocycles. The van der Waals surface area contributed by atoms with Gasteiger partial charge in [-0.15, -0.1) is 0 Å². The van der Waals surface area contributed by atoms with E-state index in [1.165, 1.54) is 0 Å². The summed E-state index contributed by atoms with van der Waals surface area (Å²) in [6.07, 6.45) is 2.22. The van der Waals surface area contributed by atoms with E-state index < -0.39 is 5.97 Å². The number of aliphatic carboxylic acids is 1. The van der Waals surface area contributed by atoms with Crippen LogP contribution < -0.4 is 10.6 Å². The van der Waals surface area contributed by atoms with Gasteiger partial charge in [-0.05, 0) is 19.4 Å². The van der Waals surface area contributed by atoms with Crippen LogP contribution in [-0.2, 0) is 4.79 Å². The highest BCUT2D eigenvalue weighted by Gasteiger charge is 2.12. The molecule has 4 heteroatoms. The Bertz CT molecular complexity index is 132. The van der Waals surface area contributed by atoms with E-state index in [1.807, 2.05) is 0 Å². The predicted molar refractivity (Wildman–Crippen MR) is 41.5 cm³/mol. The lowest BCUT2D eigenvalue weighted by Gasteiger charge is -2.22. The van der Waals surface area contributed by atoms with Crippen LogP contribution in [0, 0.1) is 0 Å². The highest BCUT2D eigenvalue weighted by Crippen LogP contribution is 1.99. The van der Waals surface area contributed by atoms with Crippen molar-refractivity contribution in [1.82, 2.24) is 10.6 Å². The Morgan fingerprint density at radius 3 is 3.09 bits per heavy atom. The number of hydrogen-bond donors (Lipinski definition) is 3. The van der Waals surface area contributed by atoms with Gasteiger partial charge < -0.3 is 15.7 Å². The molecule has 4 nitrogen and oxygen atoms in total. The first-order chi connectivity index (χ1) is 5.29. The van der Waals surface area contributed by atoms with E-state index in [2.05, 4.69) is 10.6 Å². The van der Waals surface area contributed by atoms with Crippen LogP contribution in [0.15, 0.2) is 0 Å². The fraction of sp³-hybridized carbons (Fsp3) is 0.857. The van der Waals surface area contributed by atoms with E-state index >= 15 is 0 Å². The molecule has 0 aliphatic carbocycles. The molecule has 0 bridgehead atoms. The van der Waals surface area contributed by atoms with Crippen LogP contribution in [0.3, 0.4) is 0 Å². The summed E-state index contributed by atoms with van der Waals surface area (Å²) < 4.78 is 0. The molecule has 1 aliphatic heterocycles. The third-order valence-corrected chi connectivity index (χ3v) is 1.84. The van der Waals surface area contributed by atoms with E-state index in [0.717, 1.165) is 25.9 Å². The second kappa shape index (κ2) is 4.31. The summed E-state index contributed by atoms with van der Waals surface area (Å²) in [4.78, 5) is 10.2. The van der Waals surface area contributed by atoms with Crippen molar-refractivity contribution in [3.63, 3.8) is 0 Å². The Kier molecular flexibility index (Phi) is 3.32. The third kappa shape index (κ3) is 3.34. The zero-order valence-electron chi connectivity index (χ0n) is 6.47. The van der Waals surface area contributed by atoms with Crippen molar-refractivity contribution >= 4 is 5.97 Å². The Balaban J connectivity index is 2.09. The number of carbonyl (C=O) groups is 1. The molecule has 0 radical (unpaired) electrons. The number of carboxylic acids is 1. The number of piperidine rings is 1. The summed E-state index contributed by atoms with van der Waals surface area (Å²) in [7, 11) is 0. The zero-order chi connectivity index (χ0) is 8.10. The van der Waals surface area contributed by atoms with Gasteiger partial charge in [0, 0.05) is 12.6 Å². The first-order valence-electron chi connectivity index (χ1n) is 3.95. The Morgan fingerprint density at radius 1 is 1.73 bits per heavy atom. The van der Waals surface area contributed by atoms with Gasteiger partial charge in [-0.25, -0.2) is 0 Å². The van der Waals surface area contributed by atoms with Gasteiger partial charge in [0.25, 0.3) is 0 Å². The molecule has 1 heterocycles. The SMILES string of the molecule is O=C(O)CNC1CCCNC1. The van der Waals surface area contributed by atoms with Gasteiger partial charge in [0.15, 0.2) is 0 Å². The minimum atomic E-state index is -0.782. The molecule has 1 aliphatic rings. The Hall–Kier alpha value is -0.610. The van der Waals surface area contributed by atoms with Crippen molar-refractivity contribution in [3.05, 3.63) is 0 Å². The van der Waals surface area contributed by atoms with Gasteiger partial charge in [0.1, 0.15) is 0 Å². The van der Waals surface area contributed by atoms with Crippen LogP contribution in [0.5, 0.6) is 0 Å². The highest BCUT2D eigenvalue weighted by molar-refractivity contribution is 5.69. The van der Waals surface area contributed by atoms with Crippen LogP contribution in [0.1, 0.15) is 12.8 Å². The molecule has 1 fully saturated rings. The summed E-state index contributed by atoms with van der Waals surface area (Å²) in [5.74, 6) is -0.782. The molecule has 0 spiro atoms. The smallest absolute Gasteiger partial charge is 0.317 e. The topological polar surface area (TPSA) is 61.4 Å². The summed E-state index contributed by atoms with van der Waals surface area (Å²) in [6.45, 7) is 2.03. The molecule has 1 unspecified atom stereocenters. The quantitative estimate of drug-likeness (QED) is 0.514. The zero-order valence-corrected chi connectivity index (χ0v) is 6.47. The van der Waals surface area contributed by atoms with Crippen molar-refractivity contribution < 1.29 is 9.90 Å². The highest BCUT2D eigenvalue weighted by atomic mass is 16.4. The van der Waals surface area contributed by atoms with Crippen LogP contribution >= 0.6 is 0 Å². The van der Waals surface area contributed by atoms with Gasteiger partial charge in [-0.1, -0.05) is 0 Å². The van der Waals surface area contributed by atoms with Crippen molar-refractivity contribution in [3.8, 4) is 0 Å². The van der Waals surface area contributed by atoms with E-state index in [9.17, 15) is 4.79 Å². The lowest BCUT2D eigenvalue weighted by atomic mass is 10.1. The average Bonchev–Trinajstić information content (AvgIpc) is 2.03. The molecule has 0 amide bonds.